The van der Waals surface area contributed by atoms with Crippen LogP contribution in [0.3, 0.4) is 0 Å². The van der Waals surface area contributed by atoms with E-state index in [1.165, 1.54) is 0 Å². The number of anilines is 1. The van der Waals surface area contributed by atoms with Gasteiger partial charge in [0.2, 0.25) is 0 Å². The minimum atomic E-state index is 0.450. The third-order valence-corrected chi connectivity index (χ3v) is 5.19. The smallest absolute Gasteiger partial charge is 0.141 e. The minimum absolute atomic E-state index is 0.450. The highest BCUT2D eigenvalue weighted by Crippen LogP contribution is 2.30. The number of nitrogens with zero attached hydrogens (tertiary/aromatic N) is 4. The first-order valence-electron chi connectivity index (χ1n) is 8.48. The Kier molecular flexibility index (Phi) is 3.91. The number of nitriles is 1. The molecule has 5 nitrogen and oxygen atoms in total. The normalized spacial score (nSPS) is 24.6. The van der Waals surface area contributed by atoms with Crippen LogP contribution in [-0.4, -0.2) is 62.5 Å². The fourth-order valence-electron chi connectivity index (χ4n) is 4.06. The van der Waals surface area contributed by atoms with Gasteiger partial charge >= 0.3 is 0 Å². The predicted molar refractivity (Wildman–Crippen MR) is 96.9 cm³/mol. The van der Waals surface area contributed by atoms with Crippen LogP contribution < -0.4 is 15.8 Å². The van der Waals surface area contributed by atoms with Crippen molar-refractivity contribution in [2.24, 2.45) is 0 Å². The first kappa shape index (κ1) is 15.4. The molecule has 1 N–H and O–H groups in total. The van der Waals surface area contributed by atoms with E-state index in [2.05, 4.69) is 39.2 Å². The Labute approximate surface area is 143 Å². The number of rotatable bonds is 1. The fraction of sp³-hybridized carbons (Fsp3) is 0.444. The van der Waals surface area contributed by atoms with Crippen molar-refractivity contribution in [3.8, 4) is 6.07 Å². The maximum absolute atomic E-state index is 9.36. The van der Waals surface area contributed by atoms with Crippen LogP contribution in [0.15, 0.2) is 24.3 Å². The van der Waals surface area contributed by atoms with Crippen LogP contribution in [0.25, 0.3) is 10.9 Å². The van der Waals surface area contributed by atoms with Gasteiger partial charge < -0.3 is 10.2 Å². The average molecular weight is 317 g/mol. The molecule has 3 heterocycles. The number of fused-ring (bicyclic) bond motifs is 2. The van der Waals surface area contributed by atoms with E-state index in [1.54, 1.807) is 0 Å². The van der Waals surface area contributed by atoms with Crippen molar-refractivity contribution in [2.45, 2.75) is 19.0 Å². The zero-order chi connectivity index (χ0) is 16.7. The molecule has 24 heavy (non-hydrogen) atoms. The molecule has 0 aliphatic carbocycles. The van der Waals surface area contributed by atoms with Gasteiger partial charge in [-0.25, -0.2) is 0 Å². The molecular weight excluding hydrogens is 297 g/mol. The second-order valence-electron chi connectivity index (χ2n) is 6.73. The first-order valence-corrected chi connectivity index (χ1v) is 8.48. The highest BCUT2D eigenvalue weighted by molar-refractivity contribution is 6.31. The quantitative estimate of drug-likeness (QED) is 0.771. The summed E-state index contributed by atoms with van der Waals surface area (Å²) in [6.45, 7) is 7.49. The summed E-state index contributed by atoms with van der Waals surface area (Å²) in [4.78, 5) is 9.45. The number of benzene rings is 1. The van der Waals surface area contributed by atoms with Crippen LogP contribution in [0.5, 0.6) is 0 Å². The zero-order valence-corrected chi connectivity index (χ0v) is 13.9. The van der Waals surface area contributed by atoms with Gasteiger partial charge in [0.25, 0.3) is 0 Å². The van der Waals surface area contributed by atoms with Gasteiger partial charge in [-0.3, -0.25) is 9.88 Å². The maximum Gasteiger partial charge on any atom is 0.141 e. The third kappa shape index (κ3) is 2.54. The Morgan fingerprint density at radius 1 is 1.29 bits per heavy atom. The average Bonchev–Trinajstić information content (AvgIpc) is 2.60. The molecule has 1 aromatic heterocycles. The van der Waals surface area contributed by atoms with Crippen LogP contribution in [0.2, 0.25) is 0 Å². The Morgan fingerprint density at radius 2 is 2.17 bits per heavy atom. The van der Waals surface area contributed by atoms with E-state index < -0.39 is 0 Å². The third-order valence-electron chi connectivity index (χ3n) is 5.19. The van der Waals surface area contributed by atoms with E-state index in [-0.39, 0.29) is 0 Å². The molecule has 1 aromatic carbocycles. The number of piperazine rings is 2. The SMILES string of the molecule is [B]c1ccc2c(N3CC(C)N4CCNCC4C3)ccc(C#N)c2n1. The van der Waals surface area contributed by atoms with Gasteiger partial charge in [0.15, 0.2) is 0 Å². The second-order valence-corrected chi connectivity index (χ2v) is 6.73. The van der Waals surface area contributed by atoms with Crippen LogP contribution in [0.4, 0.5) is 5.69 Å². The summed E-state index contributed by atoms with van der Waals surface area (Å²) in [5.41, 5.74) is 2.87. The van der Waals surface area contributed by atoms with Gasteiger partial charge in [0, 0.05) is 55.9 Å². The van der Waals surface area contributed by atoms with E-state index in [0.717, 1.165) is 43.8 Å². The number of nitrogens with one attached hydrogen (secondary N) is 1. The summed E-state index contributed by atoms with van der Waals surface area (Å²) in [6.07, 6.45) is 0. The number of pyridine rings is 1. The monoisotopic (exact) mass is 317 g/mol. The molecule has 6 heteroatoms. The van der Waals surface area contributed by atoms with E-state index in [0.29, 0.717) is 28.8 Å². The molecule has 0 spiro atoms. The molecule has 2 radical (unpaired) electrons. The minimum Gasteiger partial charge on any atom is -0.368 e. The molecule has 0 amide bonds. The van der Waals surface area contributed by atoms with E-state index in [1.807, 2.05) is 18.2 Å². The van der Waals surface area contributed by atoms with Gasteiger partial charge in [-0.15, -0.1) is 0 Å². The standard InChI is InChI=1S/C18H20BN5/c1-12-10-23(11-14-9-21-6-7-24(12)14)16-4-2-13(8-20)18-15(16)3-5-17(19)22-18/h2-5,12,14,21H,6-7,9-11H2,1H3. The predicted octanol–water partition coefficient (Wildman–Crippen LogP) is 0.383. The summed E-state index contributed by atoms with van der Waals surface area (Å²) in [5, 5.41) is 13.9. The lowest BCUT2D eigenvalue weighted by Gasteiger charge is -2.49. The topological polar surface area (TPSA) is 55.2 Å². The van der Waals surface area contributed by atoms with Crippen molar-refractivity contribution in [3.05, 3.63) is 29.8 Å². The number of hydrogen-bond acceptors (Lipinski definition) is 5. The molecule has 2 aromatic rings. The summed E-state index contributed by atoms with van der Waals surface area (Å²) < 4.78 is 0. The highest BCUT2D eigenvalue weighted by atomic mass is 15.3. The van der Waals surface area contributed by atoms with Crippen molar-refractivity contribution >= 4 is 30.0 Å². The summed E-state index contributed by atoms with van der Waals surface area (Å²) in [6, 6.07) is 11.0. The van der Waals surface area contributed by atoms with Gasteiger partial charge in [-0.1, -0.05) is 6.07 Å². The van der Waals surface area contributed by atoms with Gasteiger partial charge in [-0.2, -0.15) is 5.26 Å². The van der Waals surface area contributed by atoms with Crippen molar-refractivity contribution in [3.63, 3.8) is 0 Å². The van der Waals surface area contributed by atoms with Crippen LogP contribution in [-0.2, 0) is 0 Å². The molecule has 2 unspecified atom stereocenters. The molecule has 0 saturated carbocycles. The Morgan fingerprint density at radius 3 is 3.00 bits per heavy atom. The Bertz CT molecular complexity index is 815. The van der Waals surface area contributed by atoms with Crippen LogP contribution in [0, 0.1) is 11.3 Å². The van der Waals surface area contributed by atoms with Crippen LogP contribution in [0.1, 0.15) is 12.5 Å². The molecule has 2 aliphatic heterocycles. The molecule has 4 rings (SSSR count). The lowest BCUT2D eigenvalue weighted by Crippen LogP contribution is -2.64. The Balaban J connectivity index is 1.75. The van der Waals surface area contributed by atoms with Gasteiger partial charge in [-0.05, 0) is 30.7 Å². The largest absolute Gasteiger partial charge is 0.368 e. The molecule has 2 saturated heterocycles. The molecule has 2 fully saturated rings. The lowest BCUT2D eigenvalue weighted by molar-refractivity contribution is 0.0971. The molecule has 0 bridgehead atoms. The zero-order valence-electron chi connectivity index (χ0n) is 13.9. The lowest BCUT2D eigenvalue weighted by atomic mass is 9.98. The van der Waals surface area contributed by atoms with Gasteiger partial charge in [0.1, 0.15) is 13.9 Å². The van der Waals surface area contributed by atoms with Crippen molar-refractivity contribution in [1.29, 1.82) is 5.26 Å². The van der Waals surface area contributed by atoms with Crippen molar-refractivity contribution < 1.29 is 0 Å². The maximum atomic E-state index is 9.36. The summed E-state index contributed by atoms with van der Waals surface area (Å²) in [5.74, 6) is 0. The van der Waals surface area contributed by atoms with E-state index in [9.17, 15) is 5.26 Å². The number of hydrogen-bond donors (Lipinski definition) is 1. The molecule has 2 atom stereocenters. The highest BCUT2D eigenvalue weighted by Gasteiger charge is 2.34. The van der Waals surface area contributed by atoms with E-state index in [4.69, 9.17) is 7.85 Å². The second kappa shape index (κ2) is 6.08. The molecular formula is C18H20BN5. The number of aromatic nitrogens is 1. The van der Waals surface area contributed by atoms with Gasteiger partial charge in [0.05, 0.1) is 11.1 Å². The summed E-state index contributed by atoms with van der Waals surface area (Å²) in [7, 11) is 5.84. The molecule has 120 valence electrons. The van der Waals surface area contributed by atoms with Crippen molar-refractivity contribution in [1.82, 2.24) is 15.2 Å². The Hall–Kier alpha value is -2.10. The van der Waals surface area contributed by atoms with Crippen molar-refractivity contribution in [2.75, 3.05) is 37.6 Å². The van der Waals surface area contributed by atoms with Crippen LogP contribution >= 0.6 is 0 Å². The van der Waals surface area contributed by atoms with E-state index >= 15 is 0 Å². The molecule has 2 aliphatic rings. The first-order chi connectivity index (χ1) is 11.7. The fourth-order valence-corrected chi connectivity index (χ4v) is 4.06. The summed E-state index contributed by atoms with van der Waals surface area (Å²) >= 11 is 0.